The van der Waals surface area contributed by atoms with Crippen LogP contribution in [-0.2, 0) is 25.8 Å². The summed E-state index contributed by atoms with van der Waals surface area (Å²) in [4.78, 5) is 44.8. The molecule has 1 aromatic heterocycles. The minimum Gasteiger partial charge on any atom is -0.461 e. The SMILES string of the molecule is CC(C)[C@H](CO)N1C(=O)[C@@H]2[C@@H]3C(=O)OCC=C[C@@H]3S[C@@]23C=CCN(Cn2nnc4ccccc42)C(=O)C13. The molecule has 1 aromatic carbocycles. The van der Waals surface area contributed by atoms with Crippen LogP contribution in [-0.4, -0.2) is 89.5 Å². The third kappa shape index (κ3) is 3.54. The first-order valence-corrected chi connectivity index (χ1v) is 13.4. The second-order valence-corrected chi connectivity index (χ2v) is 11.8. The molecule has 1 N–H and O–H groups in total. The minimum absolute atomic E-state index is 0.0978. The van der Waals surface area contributed by atoms with Crippen molar-refractivity contribution in [3.8, 4) is 0 Å². The summed E-state index contributed by atoms with van der Waals surface area (Å²) in [5.41, 5.74) is 1.53. The van der Waals surface area contributed by atoms with Crippen molar-refractivity contribution < 1.29 is 24.2 Å². The molecule has 2 amide bonds. The number of carbonyl (C=O) groups excluding carboxylic acids is 3. The van der Waals surface area contributed by atoms with E-state index < -0.39 is 34.6 Å². The van der Waals surface area contributed by atoms with Crippen LogP contribution in [0.3, 0.4) is 0 Å². The number of carbonyl (C=O) groups is 3. The number of cyclic esters (lactones) is 1. The largest absolute Gasteiger partial charge is 0.461 e. The number of esters is 1. The van der Waals surface area contributed by atoms with Gasteiger partial charge in [0.15, 0.2) is 0 Å². The van der Waals surface area contributed by atoms with E-state index in [1.165, 1.54) is 11.8 Å². The Morgan fingerprint density at radius 3 is 2.78 bits per heavy atom. The van der Waals surface area contributed by atoms with Gasteiger partial charge in [-0.1, -0.05) is 55.5 Å². The van der Waals surface area contributed by atoms with E-state index >= 15 is 0 Å². The highest BCUT2D eigenvalue weighted by atomic mass is 32.2. The number of thioether (sulfide) groups is 1. The fourth-order valence-electron chi connectivity index (χ4n) is 6.24. The van der Waals surface area contributed by atoms with Crippen LogP contribution in [0.25, 0.3) is 11.0 Å². The molecule has 6 atom stereocenters. The predicted octanol–water partition coefficient (Wildman–Crippen LogP) is 1.21. The molecule has 37 heavy (non-hydrogen) atoms. The van der Waals surface area contributed by atoms with Gasteiger partial charge in [-0.25, -0.2) is 4.68 Å². The summed E-state index contributed by atoms with van der Waals surface area (Å²) < 4.78 is 6.14. The summed E-state index contributed by atoms with van der Waals surface area (Å²) in [6.07, 6.45) is 7.60. The zero-order chi connectivity index (χ0) is 25.9. The van der Waals surface area contributed by atoms with Crippen molar-refractivity contribution in [2.75, 3.05) is 19.8 Å². The van der Waals surface area contributed by atoms with Gasteiger partial charge in [0.05, 0.1) is 34.7 Å². The number of ether oxygens (including phenoxy) is 1. The second kappa shape index (κ2) is 8.98. The third-order valence-electron chi connectivity index (χ3n) is 7.97. The molecule has 11 heteroatoms. The molecule has 10 nitrogen and oxygen atoms in total. The van der Waals surface area contributed by atoms with E-state index in [1.807, 2.05) is 56.3 Å². The van der Waals surface area contributed by atoms with Gasteiger partial charge in [0.2, 0.25) is 11.8 Å². The number of likely N-dealkylation sites (tertiary alicyclic amines) is 1. The fraction of sp³-hybridized carbons (Fsp3) is 0.500. The molecule has 5 heterocycles. The molecule has 6 rings (SSSR count). The van der Waals surface area contributed by atoms with Crippen LogP contribution in [0.5, 0.6) is 0 Å². The van der Waals surface area contributed by atoms with Crippen molar-refractivity contribution in [2.24, 2.45) is 17.8 Å². The van der Waals surface area contributed by atoms with Crippen molar-refractivity contribution in [3.63, 3.8) is 0 Å². The van der Waals surface area contributed by atoms with Crippen LogP contribution in [0.1, 0.15) is 13.8 Å². The first kappa shape index (κ1) is 24.2. The predicted molar refractivity (Wildman–Crippen MR) is 136 cm³/mol. The number of aromatic nitrogens is 3. The molecular formula is C26H29N5O5S. The quantitative estimate of drug-likeness (QED) is 0.459. The van der Waals surface area contributed by atoms with Gasteiger partial charge in [0, 0.05) is 11.8 Å². The van der Waals surface area contributed by atoms with Gasteiger partial charge in [-0.3, -0.25) is 14.4 Å². The van der Waals surface area contributed by atoms with Crippen LogP contribution in [0.2, 0.25) is 0 Å². The lowest BCUT2D eigenvalue weighted by atomic mass is 9.78. The number of hydrogen-bond acceptors (Lipinski definition) is 8. The van der Waals surface area contributed by atoms with Gasteiger partial charge < -0.3 is 19.6 Å². The van der Waals surface area contributed by atoms with E-state index in [-0.39, 0.29) is 42.9 Å². The minimum atomic E-state index is -0.953. The van der Waals surface area contributed by atoms with Crippen molar-refractivity contribution in [1.82, 2.24) is 24.8 Å². The summed E-state index contributed by atoms with van der Waals surface area (Å²) in [5, 5.41) is 18.5. The Hall–Kier alpha value is -3.18. The number of rotatable bonds is 5. The summed E-state index contributed by atoms with van der Waals surface area (Å²) in [7, 11) is 0. The highest BCUT2D eigenvalue weighted by molar-refractivity contribution is 8.02. The number of para-hydroxylation sites is 1. The van der Waals surface area contributed by atoms with Crippen LogP contribution < -0.4 is 0 Å². The number of nitrogens with zero attached hydrogens (tertiary/aromatic N) is 5. The molecule has 0 aliphatic carbocycles. The smallest absolute Gasteiger partial charge is 0.311 e. The summed E-state index contributed by atoms with van der Waals surface area (Å²) in [5.74, 6) is -2.49. The van der Waals surface area contributed by atoms with Crippen molar-refractivity contribution in [2.45, 2.75) is 42.6 Å². The third-order valence-corrected chi connectivity index (χ3v) is 9.72. The monoisotopic (exact) mass is 523 g/mol. The van der Waals surface area contributed by atoms with Crippen molar-refractivity contribution in [3.05, 3.63) is 48.6 Å². The standard InChI is InChI=1S/C26H29N5O5S/c1-15(2)18(13-32)31-22-24(34)29(14-30-17-8-4-3-7-16(17)27-28-30)11-6-10-26(22)21(23(31)33)20-19(37-26)9-5-12-36-25(20)35/h3-10,15,18-22,32H,11-14H2,1-2H3/t18-,19-,20+,21-,22?,26-/m0/s1. The Kier molecular flexibility index (Phi) is 5.87. The first-order chi connectivity index (χ1) is 17.9. The molecule has 0 radical (unpaired) electrons. The average Bonchev–Trinajstić information content (AvgIpc) is 3.42. The lowest BCUT2D eigenvalue weighted by Crippen LogP contribution is -2.57. The molecule has 1 spiro atoms. The average molecular weight is 524 g/mol. The van der Waals surface area contributed by atoms with E-state index in [4.69, 9.17) is 4.74 Å². The number of benzene rings is 1. The zero-order valence-corrected chi connectivity index (χ0v) is 21.5. The highest BCUT2D eigenvalue weighted by Crippen LogP contribution is 2.61. The number of amides is 2. The van der Waals surface area contributed by atoms with Crippen LogP contribution >= 0.6 is 11.8 Å². The molecule has 0 saturated carbocycles. The van der Waals surface area contributed by atoms with Crippen molar-refractivity contribution >= 4 is 40.6 Å². The molecule has 4 aliphatic rings. The zero-order valence-electron chi connectivity index (χ0n) is 20.6. The topological polar surface area (TPSA) is 118 Å². The van der Waals surface area contributed by atoms with Gasteiger partial charge in [0.25, 0.3) is 0 Å². The Morgan fingerprint density at radius 2 is 2.00 bits per heavy atom. The van der Waals surface area contributed by atoms with Gasteiger partial charge in [0.1, 0.15) is 24.8 Å². The number of hydrogen-bond donors (Lipinski definition) is 1. The number of aliphatic hydroxyl groups is 1. The van der Waals surface area contributed by atoms with E-state index in [2.05, 4.69) is 10.3 Å². The Bertz CT molecular complexity index is 1320. The van der Waals surface area contributed by atoms with E-state index in [0.29, 0.717) is 6.54 Å². The lowest BCUT2D eigenvalue weighted by molar-refractivity contribution is -0.152. The van der Waals surface area contributed by atoms with Crippen LogP contribution in [0.15, 0.2) is 48.6 Å². The van der Waals surface area contributed by atoms with Crippen LogP contribution in [0.4, 0.5) is 0 Å². The molecule has 194 valence electrons. The summed E-state index contributed by atoms with van der Waals surface area (Å²) in [6, 6.07) is 6.09. The van der Waals surface area contributed by atoms with Crippen LogP contribution in [0, 0.1) is 17.8 Å². The molecule has 0 bridgehead atoms. The molecule has 1 unspecified atom stereocenters. The number of aliphatic hydroxyl groups excluding tert-OH is 1. The maximum atomic E-state index is 14.4. The van der Waals surface area contributed by atoms with Gasteiger partial charge >= 0.3 is 5.97 Å². The van der Waals surface area contributed by atoms with Crippen molar-refractivity contribution in [1.29, 1.82) is 0 Å². The van der Waals surface area contributed by atoms with Gasteiger partial charge in [-0.15, -0.1) is 16.9 Å². The highest BCUT2D eigenvalue weighted by Gasteiger charge is 2.72. The second-order valence-electron chi connectivity index (χ2n) is 10.3. The van der Waals surface area contributed by atoms with Gasteiger partial charge in [-0.2, -0.15) is 0 Å². The van der Waals surface area contributed by atoms with E-state index in [1.54, 1.807) is 20.6 Å². The van der Waals surface area contributed by atoms with Gasteiger partial charge in [-0.05, 0) is 18.1 Å². The molecule has 2 saturated heterocycles. The summed E-state index contributed by atoms with van der Waals surface area (Å²) in [6.45, 7) is 4.22. The lowest BCUT2D eigenvalue weighted by Gasteiger charge is -2.39. The van der Waals surface area contributed by atoms with E-state index in [9.17, 15) is 19.5 Å². The fourth-order valence-corrected chi connectivity index (χ4v) is 8.23. The molecule has 4 aliphatic heterocycles. The Morgan fingerprint density at radius 1 is 1.19 bits per heavy atom. The maximum Gasteiger partial charge on any atom is 0.311 e. The number of fused-ring (bicyclic) bond motifs is 3. The first-order valence-electron chi connectivity index (χ1n) is 12.6. The Labute approximate surface area is 218 Å². The Balaban J connectivity index is 1.44. The molecular weight excluding hydrogens is 494 g/mol. The maximum absolute atomic E-state index is 14.4. The summed E-state index contributed by atoms with van der Waals surface area (Å²) >= 11 is 1.49. The normalized spacial score (nSPS) is 31.8. The molecule has 2 fully saturated rings. The van der Waals surface area contributed by atoms with E-state index in [0.717, 1.165) is 11.0 Å². The molecule has 2 aromatic rings.